The summed E-state index contributed by atoms with van der Waals surface area (Å²) in [6.07, 6.45) is 0.871. The molecule has 0 fully saturated rings. The van der Waals surface area contributed by atoms with Gasteiger partial charge >= 0.3 is 0 Å². The van der Waals surface area contributed by atoms with Crippen LogP contribution in [0.25, 0.3) is 0 Å². The van der Waals surface area contributed by atoms with E-state index in [-0.39, 0.29) is 0 Å². The van der Waals surface area contributed by atoms with Crippen LogP contribution >= 0.6 is 38.5 Å². The molecule has 0 unspecified atom stereocenters. The van der Waals surface area contributed by atoms with Crippen molar-refractivity contribution in [1.82, 2.24) is 0 Å². The number of carbonyl (C=O) groups is 1. The molecule has 0 aromatic heterocycles. The van der Waals surface area contributed by atoms with Crippen molar-refractivity contribution in [3.63, 3.8) is 0 Å². The van der Waals surface area contributed by atoms with Crippen LogP contribution in [0.2, 0.25) is 0 Å². The fourth-order valence-corrected chi connectivity index (χ4v) is 1.74. The summed E-state index contributed by atoms with van der Waals surface area (Å²) in [5.41, 5.74) is 1.75. The Morgan fingerprint density at radius 3 is 2.73 bits per heavy atom. The zero-order valence-electron chi connectivity index (χ0n) is 5.90. The molecule has 1 nitrogen and oxygen atoms in total. The third kappa shape index (κ3) is 1.82. The molecule has 1 aromatic rings. The molecular formula is C8H6BrIO. The maximum absolute atomic E-state index is 10.5. The van der Waals surface area contributed by atoms with Gasteiger partial charge in [0, 0.05) is 13.6 Å². The Morgan fingerprint density at radius 2 is 2.18 bits per heavy atom. The molecule has 11 heavy (non-hydrogen) atoms. The Hall–Kier alpha value is 0.1000. The fraction of sp³-hybridized carbons (Fsp3) is 0.125. The van der Waals surface area contributed by atoms with Crippen LogP contribution < -0.4 is 0 Å². The minimum atomic E-state index is 0.747. The molecule has 0 radical (unpaired) electrons. The molecule has 1 aromatic carbocycles. The molecule has 0 bridgehead atoms. The Kier molecular flexibility index (Phi) is 3.06. The van der Waals surface area contributed by atoms with Gasteiger partial charge in [-0.1, -0.05) is 6.07 Å². The van der Waals surface area contributed by atoms with Gasteiger partial charge in [-0.3, -0.25) is 4.79 Å². The lowest BCUT2D eigenvalue weighted by atomic mass is 10.1. The van der Waals surface area contributed by atoms with Crippen LogP contribution in [-0.4, -0.2) is 6.29 Å². The number of halogens is 2. The molecule has 0 amide bonds. The number of aldehydes is 1. The molecule has 0 saturated carbocycles. The molecule has 0 spiro atoms. The molecule has 0 aliphatic rings. The second-order valence-electron chi connectivity index (χ2n) is 2.19. The summed E-state index contributed by atoms with van der Waals surface area (Å²) in [6.45, 7) is 1.93. The van der Waals surface area contributed by atoms with Gasteiger partial charge in [0.15, 0.2) is 0 Å². The lowest BCUT2D eigenvalue weighted by molar-refractivity contribution is 0.112. The van der Waals surface area contributed by atoms with Crippen LogP contribution in [0.1, 0.15) is 15.9 Å². The first-order chi connectivity index (χ1) is 5.16. The van der Waals surface area contributed by atoms with Crippen molar-refractivity contribution in [3.05, 3.63) is 31.3 Å². The molecule has 58 valence electrons. The van der Waals surface area contributed by atoms with Crippen molar-refractivity contribution < 1.29 is 4.79 Å². The minimum absolute atomic E-state index is 0.747. The van der Waals surface area contributed by atoms with Gasteiger partial charge in [-0.25, -0.2) is 0 Å². The lowest BCUT2D eigenvalue weighted by Crippen LogP contribution is -1.89. The van der Waals surface area contributed by atoms with E-state index in [4.69, 9.17) is 0 Å². The zero-order valence-corrected chi connectivity index (χ0v) is 9.64. The van der Waals surface area contributed by atoms with Gasteiger partial charge in [0.1, 0.15) is 6.29 Å². The van der Waals surface area contributed by atoms with Gasteiger partial charge in [0.25, 0.3) is 0 Å². The molecule has 1 rings (SSSR count). The van der Waals surface area contributed by atoms with E-state index in [1.807, 2.05) is 19.1 Å². The summed E-state index contributed by atoms with van der Waals surface area (Å²) >= 11 is 5.62. The van der Waals surface area contributed by atoms with E-state index in [1.54, 1.807) is 0 Å². The largest absolute Gasteiger partial charge is 0.298 e. The Bertz CT molecular complexity index is 296. The van der Waals surface area contributed by atoms with Gasteiger partial charge in [0.2, 0.25) is 0 Å². The maximum atomic E-state index is 10.5. The monoisotopic (exact) mass is 324 g/mol. The molecule has 0 aliphatic carbocycles. The summed E-state index contributed by atoms with van der Waals surface area (Å²) in [6, 6.07) is 3.75. The third-order valence-corrected chi connectivity index (χ3v) is 4.17. The first-order valence-corrected chi connectivity index (χ1v) is 4.93. The average molecular weight is 325 g/mol. The van der Waals surface area contributed by atoms with Crippen molar-refractivity contribution in [2.75, 3.05) is 0 Å². The number of carbonyl (C=O) groups excluding carboxylic acids is 1. The van der Waals surface area contributed by atoms with Gasteiger partial charge in [-0.15, -0.1) is 0 Å². The van der Waals surface area contributed by atoms with Crippen molar-refractivity contribution in [1.29, 1.82) is 0 Å². The maximum Gasteiger partial charge on any atom is 0.150 e. The van der Waals surface area contributed by atoms with Crippen molar-refractivity contribution in [3.8, 4) is 0 Å². The number of hydrogen-bond acceptors (Lipinski definition) is 1. The standard InChI is InChI=1S/C8H6BrIO/c1-5-6(4-11)2-3-7(10)8(5)9/h2-4H,1H3. The Balaban J connectivity index is 3.36. The second kappa shape index (κ2) is 3.67. The number of rotatable bonds is 1. The fourth-order valence-electron chi connectivity index (χ4n) is 0.795. The van der Waals surface area contributed by atoms with Crippen LogP contribution in [0, 0.1) is 10.5 Å². The summed E-state index contributed by atoms with van der Waals surface area (Å²) in [5, 5.41) is 0. The summed E-state index contributed by atoms with van der Waals surface area (Å²) < 4.78 is 2.15. The van der Waals surface area contributed by atoms with Crippen LogP contribution in [0.5, 0.6) is 0 Å². The molecule has 0 heterocycles. The SMILES string of the molecule is Cc1c(C=O)ccc(I)c1Br. The Morgan fingerprint density at radius 1 is 1.55 bits per heavy atom. The first kappa shape index (κ1) is 9.19. The summed E-state index contributed by atoms with van der Waals surface area (Å²) in [7, 11) is 0. The highest BCUT2D eigenvalue weighted by Gasteiger charge is 2.03. The van der Waals surface area contributed by atoms with E-state index in [0.29, 0.717) is 0 Å². The molecule has 0 atom stereocenters. The predicted octanol–water partition coefficient (Wildman–Crippen LogP) is 3.17. The third-order valence-electron chi connectivity index (χ3n) is 1.51. The van der Waals surface area contributed by atoms with Crippen LogP contribution in [0.3, 0.4) is 0 Å². The van der Waals surface area contributed by atoms with Gasteiger partial charge in [0.05, 0.1) is 0 Å². The highest BCUT2D eigenvalue weighted by molar-refractivity contribution is 14.1. The Labute approximate surface area is 87.5 Å². The first-order valence-electron chi connectivity index (χ1n) is 3.06. The van der Waals surface area contributed by atoms with E-state index in [2.05, 4.69) is 38.5 Å². The average Bonchev–Trinajstić information content (AvgIpc) is 2.01. The van der Waals surface area contributed by atoms with E-state index >= 15 is 0 Å². The zero-order chi connectivity index (χ0) is 8.43. The number of benzene rings is 1. The van der Waals surface area contributed by atoms with Crippen LogP contribution in [-0.2, 0) is 0 Å². The predicted molar refractivity (Wildman–Crippen MR) is 57.0 cm³/mol. The van der Waals surface area contributed by atoms with E-state index in [1.165, 1.54) is 0 Å². The highest BCUT2D eigenvalue weighted by Crippen LogP contribution is 2.24. The summed E-state index contributed by atoms with van der Waals surface area (Å²) in [5.74, 6) is 0. The number of hydrogen-bond donors (Lipinski definition) is 0. The van der Waals surface area contributed by atoms with E-state index in [0.717, 1.165) is 25.5 Å². The molecule has 0 aliphatic heterocycles. The van der Waals surface area contributed by atoms with Crippen molar-refractivity contribution >= 4 is 44.8 Å². The van der Waals surface area contributed by atoms with Crippen LogP contribution in [0.4, 0.5) is 0 Å². The van der Waals surface area contributed by atoms with E-state index < -0.39 is 0 Å². The van der Waals surface area contributed by atoms with Crippen LogP contribution in [0.15, 0.2) is 16.6 Å². The smallest absolute Gasteiger partial charge is 0.150 e. The van der Waals surface area contributed by atoms with Crippen molar-refractivity contribution in [2.24, 2.45) is 0 Å². The summed E-state index contributed by atoms with van der Waals surface area (Å²) in [4.78, 5) is 10.5. The molecular weight excluding hydrogens is 319 g/mol. The van der Waals surface area contributed by atoms with Crippen molar-refractivity contribution in [2.45, 2.75) is 6.92 Å². The highest BCUT2D eigenvalue weighted by atomic mass is 127. The van der Waals surface area contributed by atoms with Gasteiger partial charge in [-0.2, -0.15) is 0 Å². The minimum Gasteiger partial charge on any atom is -0.298 e. The molecule has 0 N–H and O–H groups in total. The van der Waals surface area contributed by atoms with Gasteiger partial charge in [-0.05, 0) is 57.1 Å². The lowest BCUT2D eigenvalue weighted by Gasteiger charge is -2.02. The second-order valence-corrected chi connectivity index (χ2v) is 4.15. The quantitative estimate of drug-likeness (QED) is 0.573. The topological polar surface area (TPSA) is 17.1 Å². The molecule has 0 saturated heterocycles. The van der Waals surface area contributed by atoms with Gasteiger partial charge < -0.3 is 0 Å². The van der Waals surface area contributed by atoms with E-state index in [9.17, 15) is 4.79 Å². The normalized spacial score (nSPS) is 9.73. The molecule has 3 heteroatoms.